The van der Waals surface area contributed by atoms with Crippen molar-refractivity contribution >= 4 is 27.5 Å². The number of hydrogen-bond acceptors (Lipinski definition) is 5. The van der Waals surface area contributed by atoms with Crippen molar-refractivity contribution in [3.8, 4) is 5.75 Å². The summed E-state index contributed by atoms with van der Waals surface area (Å²) in [6, 6.07) is 21.2. The number of carbonyl (C=O) groups excluding carboxylic acids is 2. The standard InChI is InChI=1S/C30H36FN3O5S/c1-4-39-28-14-9-8-13-26(28)34(40(3,37)38)20-10-15-29(35)33(22-24-16-18-25(31)19-17-24)27(30(36)32-2)21-23-11-6-5-7-12-23/h5-9,11-14,16-19,27H,4,10,15,20-22H2,1-3H3,(H,32,36)/t27-/m0/s1. The number of para-hydroxylation sites is 2. The van der Waals surface area contributed by atoms with Crippen LogP contribution >= 0.6 is 0 Å². The molecule has 0 spiro atoms. The molecule has 0 fully saturated rings. The van der Waals surface area contributed by atoms with Crippen molar-refractivity contribution < 1.29 is 27.1 Å². The summed E-state index contributed by atoms with van der Waals surface area (Å²) in [4.78, 5) is 28.2. The van der Waals surface area contributed by atoms with Crippen LogP contribution in [0.25, 0.3) is 0 Å². The predicted octanol–water partition coefficient (Wildman–Crippen LogP) is 4.16. The molecule has 0 unspecified atom stereocenters. The van der Waals surface area contributed by atoms with Crippen LogP contribution in [0.3, 0.4) is 0 Å². The topological polar surface area (TPSA) is 96.0 Å². The molecule has 10 heteroatoms. The minimum absolute atomic E-state index is 0.00764. The van der Waals surface area contributed by atoms with Gasteiger partial charge in [0.25, 0.3) is 0 Å². The largest absolute Gasteiger partial charge is 0.492 e. The molecule has 1 N–H and O–H groups in total. The SMILES string of the molecule is CCOc1ccccc1N(CCCC(=O)N(Cc1ccc(F)cc1)[C@@H](Cc1ccccc1)C(=O)NC)S(C)(=O)=O. The summed E-state index contributed by atoms with van der Waals surface area (Å²) in [5.74, 6) is -0.618. The molecule has 1 atom stereocenters. The number of amides is 2. The molecule has 8 nitrogen and oxygen atoms in total. The molecular formula is C30H36FN3O5S. The molecule has 0 radical (unpaired) electrons. The van der Waals surface area contributed by atoms with Crippen LogP contribution in [-0.4, -0.2) is 57.6 Å². The second-order valence-electron chi connectivity index (χ2n) is 9.31. The predicted molar refractivity (Wildman–Crippen MR) is 154 cm³/mol. The Labute approximate surface area is 235 Å². The summed E-state index contributed by atoms with van der Waals surface area (Å²) in [7, 11) is -2.16. The first-order chi connectivity index (χ1) is 19.1. The smallest absolute Gasteiger partial charge is 0.242 e. The van der Waals surface area contributed by atoms with Crippen molar-refractivity contribution in [1.29, 1.82) is 0 Å². The second kappa shape index (κ2) is 14.5. The van der Waals surface area contributed by atoms with Gasteiger partial charge in [-0.2, -0.15) is 0 Å². The molecule has 3 rings (SSSR count). The minimum Gasteiger partial charge on any atom is -0.492 e. The maximum atomic E-state index is 13.7. The average molecular weight is 570 g/mol. The Morgan fingerprint density at radius 1 is 0.950 bits per heavy atom. The van der Waals surface area contributed by atoms with Gasteiger partial charge in [0.2, 0.25) is 21.8 Å². The normalized spacial score (nSPS) is 11.9. The first-order valence-electron chi connectivity index (χ1n) is 13.1. The molecule has 0 bridgehead atoms. The van der Waals surface area contributed by atoms with E-state index in [1.54, 1.807) is 36.4 Å². The summed E-state index contributed by atoms with van der Waals surface area (Å²) in [5.41, 5.74) is 1.94. The van der Waals surface area contributed by atoms with E-state index in [0.29, 0.717) is 23.6 Å². The van der Waals surface area contributed by atoms with Crippen LogP contribution in [0, 0.1) is 5.82 Å². The maximum absolute atomic E-state index is 13.7. The number of benzene rings is 3. The second-order valence-corrected chi connectivity index (χ2v) is 11.2. The van der Waals surface area contributed by atoms with E-state index in [0.717, 1.165) is 11.8 Å². The van der Waals surface area contributed by atoms with Gasteiger partial charge in [-0.3, -0.25) is 13.9 Å². The molecule has 214 valence electrons. The van der Waals surface area contributed by atoms with Crippen LogP contribution in [0.15, 0.2) is 78.9 Å². The zero-order chi connectivity index (χ0) is 29.1. The van der Waals surface area contributed by atoms with Crippen molar-refractivity contribution in [2.45, 2.75) is 38.8 Å². The summed E-state index contributed by atoms with van der Waals surface area (Å²) in [6.07, 6.45) is 1.59. The molecule has 0 aliphatic heterocycles. The van der Waals surface area contributed by atoms with Gasteiger partial charge in [0.15, 0.2) is 0 Å². The highest BCUT2D eigenvalue weighted by Gasteiger charge is 2.30. The fourth-order valence-corrected chi connectivity index (χ4v) is 5.40. The van der Waals surface area contributed by atoms with Gasteiger partial charge in [0, 0.05) is 33.0 Å². The van der Waals surface area contributed by atoms with Gasteiger partial charge < -0.3 is 15.0 Å². The lowest BCUT2D eigenvalue weighted by Gasteiger charge is -2.31. The molecule has 3 aromatic rings. The van der Waals surface area contributed by atoms with Crippen LogP contribution in [0.4, 0.5) is 10.1 Å². The lowest BCUT2D eigenvalue weighted by Crippen LogP contribution is -2.49. The van der Waals surface area contributed by atoms with E-state index in [-0.39, 0.29) is 44.2 Å². The van der Waals surface area contributed by atoms with Crippen LogP contribution in [0.1, 0.15) is 30.9 Å². The number of anilines is 1. The van der Waals surface area contributed by atoms with Crippen molar-refractivity contribution in [3.63, 3.8) is 0 Å². The highest BCUT2D eigenvalue weighted by molar-refractivity contribution is 7.92. The highest BCUT2D eigenvalue weighted by atomic mass is 32.2. The lowest BCUT2D eigenvalue weighted by molar-refractivity contribution is -0.141. The Balaban J connectivity index is 1.85. The van der Waals surface area contributed by atoms with E-state index in [2.05, 4.69) is 5.32 Å². The fraction of sp³-hybridized carbons (Fsp3) is 0.333. The zero-order valence-corrected chi connectivity index (χ0v) is 23.9. The summed E-state index contributed by atoms with van der Waals surface area (Å²) < 4.78 is 45.8. The molecule has 0 aromatic heterocycles. The number of sulfonamides is 1. The first kappa shape index (κ1) is 30.6. The molecule has 0 heterocycles. The molecule has 2 amide bonds. The maximum Gasteiger partial charge on any atom is 0.242 e. The van der Waals surface area contributed by atoms with Crippen LogP contribution in [0.5, 0.6) is 5.75 Å². The van der Waals surface area contributed by atoms with E-state index in [4.69, 9.17) is 4.74 Å². The average Bonchev–Trinajstić information content (AvgIpc) is 2.94. The number of carbonyl (C=O) groups is 2. The number of ether oxygens (including phenoxy) is 1. The molecule has 3 aromatic carbocycles. The summed E-state index contributed by atoms with van der Waals surface area (Å²) >= 11 is 0. The van der Waals surface area contributed by atoms with E-state index >= 15 is 0 Å². The lowest BCUT2D eigenvalue weighted by atomic mass is 10.0. The number of nitrogens with one attached hydrogen (secondary N) is 1. The molecule has 0 saturated heterocycles. The van der Waals surface area contributed by atoms with Crippen LogP contribution in [-0.2, 0) is 32.6 Å². The van der Waals surface area contributed by atoms with Crippen molar-refractivity contribution in [2.75, 3.05) is 30.8 Å². The van der Waals surface area contributed by atoms with Crippen molar-refractivity contribution in [1.82, 2.24) is 10.2 Å². The van der Waals surface area contributed by atoms with E-state index in [1.807, 2.05) is 37.3 Å². The summed E-state index contributed by atoms with van der Waals surface area (Å²) in [6.45, 7) is 2.32. The molecular weight excluding hydrogens is 533 g/mol. The van der Waals surface area contributed by atoms with Crippen LogP contribution < -0.4 is 14.4 Å². The Morgan fingerprint density at radius 3 is 2.23 bits per heavy atom. The Hall–Kier alpha value is -3.92. The van der Waals surface area contributed by atoms with Gasteiger partial charge in [0.05, 0.1) is 18.6 Å². The molecule has 0 aliphatic rings. The zero-order valence-electron chi connectivity index (χ0n) is 23.0. The molecule has 0 saturated carbocycles. The van der Waals surface area contributed by atoms with Gasteiger partial charge in [-0.25, -0.2) is 12.8 Å². The minimum atomic E-state index is -3.68. The summed E-state index contributed by atoms with van der Waals surface area (Å²) in [5, 5.41) is 2.66. The van der Waals surface area contributed by atoms with E-state index < -0.39 is 21.9 Å². The third kappa shape index (κ3) is 8.54. The number of likely N-dealkylation sites (N-methyl/N-ethyl adjacent to an activating group) is 1. The van der Waals surface area contributed by atoms with E-state index in [9.17, 15) is 22.4 Å². The van der Waals surface area contributed by atoms with Gasteiger partial charge in [-0.1, -0.05) is 54.6 Å². The quantitative estimate of drug-likeness (QED) is 0.315. The van der Waals surface area contributed by atoms with Gasteiger partial charge in [0.1, 0.15) is 17.6 Å². The van der Waals surface area contributed by atoms with Gasteiger partial charge in [-0.05, 0) is 48.7 Å². The van der Waals surface area contributed by atoms with E-state index in [1.165, 1.54) is 28.4 Å². The fourth-order valence-electron chi connectivity index (χ4n) is 4.43. The van der Waals surface area contributed by atoms with Gasteiger partial charge >= 0.3 is 0 Å². The Kier molecular flexibility index (Phi) is 11.1. The highest BCUT2D eigenvalue weighted by Crippen LogP contribution is 2.30. The van der Waals surface area contributed by atoms with Crippen molar-refractivity contribution in [2.24, 2.45) is 0 Å². The van der Waals surface area contributed by atoms with Gasteiger partial charge in [-0.15, -0.1) is 0 Å². The third-order valence-electron chi connectivity index (χ3n) is 6.37. The monoisotopic (exact) mass is 569 g/mol. The Bertz CT molecular complexity index is 1370. The third-order valence-corrected chi connectivity index (χ3v) is 7.55. The number of nitrogens with zero attached hydrogens (tertiary/aromatic N) is 2. The number of hydrogen-bond donors (Lipinski definition) is 1. The Morgan fingerprint density at radius 2 is 1.60 bits per heavy atom. The molecule has 0 aliphatic carbocycles. The number of halogens is 1. The first-order valence-corrected chi connectivity index (χ1v) is 15.0. The number of rotatable bonds is 14. The van der Waals surface area contributed by atoms with Crippen LogP contribution in [0.2, 0.25) is 0 Å². The molecule has 40 heavy (non-hydrogen) atoms. The van der Waals surface area contributed by atoms with Crippen molar-refractivity contribution in [3.05, 3.63) is 95.8 Å².